The molecule has 0 spiro atoms. The highest BCUT2D eigenvalue weighted by Gasteiger charge is 2.09. The van der Waals surface area contributed by atoms with E-state index in [1.54, 1.807) is 12.3 Å². The zero-order chi connectivity index (χ0) is 16.8. The van der Waals surface area contributed by atoms with Gasteiger partial charge in [0.05, 0.1) is 5.52 Å². The van der Waals surface area contributed by atoms with E-state index >= 15 is 0 Å². The minimum absolute atomic E-state index is 0.00860. The van der Waals surface area contributed by atoms with Crippen LogP contribution in [-0.2, 0) is 11.3 Å². The van der Waals surface area contributed by atoms with Crippen molar-refractivity contribution in [3.05, 3.63) is 84.1 Å². The van der Waals surface area contributed by atoms with Crippen LogP contribution in [0.5, 0.6) is 0 Å². The van der Waals surface area contributed by atoms with E-state index in [-0.39, 0.29) is 5.91 Å². The van der Waals surface area contributed by atoms with Crippen molar-refractivity contribution < 1.29 is 4.79 Å². The molecule has 2 aromatic carbocycles. The Labute approximate surface area is 142 Å². The molecular weight excluding hydrogens is 296 g/mol. The molecule has 3 nitrogen and oxygen atoms in total. The van der Waals surface area contributed by atoms with E-state index in [1.807, 2.05) is 78.6 Å². The standard InChI is InChI=1S/C21H20N2O/c1-2-23(16-17-8-4-3-5-9-17)20(24)14-13-19-11-6-10-18-12-7-15-22-21(18)19/h3-15H,2,16H2,1H3/b14-13+. The van der Waals surface area contributed by atoms with Crippen molar-refractivity contribution in [1.29, 1.82) is 0 Å². The van der Waals surface area contributed by atoms with Gasteiger partial charge in [-0.15, -0.1) is 0 Å². The van der Waals surface area contributed by atoms with Gasteiger partial charge in [0.1, 0.15) is 0 Å². The Hall–Kier alpha value is -2.94. The van der Waals surface area contributed by atoms with E-state index in [9.17, 15) is 4.79 Å². The van der Waals surface area contributed by atoms with E-state index < -0.39 is 0 Å². The minimum Gasteiger partial charge on any atom is -0.335 e. The Morgan fingerprint density at radius 2 is 1.83 bits per heavy atom. The maximum atomic E-state index is 12.5. The number of carbonyl (C=O) groups is 1. The number of amides is 1. The Morgan fingerprint density at radius 1 is 1.04 bits per heavy atom. The van der Waals surface area contributed by atoms with Crippen molar-refractivity contribution in [2.24, 2.45) is 0 Å². The van der Waals surface area contributed by atoms with Crippen LogP contribution in [0.1, 0.15) is 18.1 Å². The number of hydrogen-bond acceptors (Lipinski definition) is 2. The summed E-state index contributed by atoms with van der Waals surface area (Å²) in [6.07, 6.45) is 5.26. The lowest BCUT2D eigenvalue weighted by Crippen LogP contribution is -2.28. The molecule has 3 rings (SSSR count). The first kappa shape index (κ1) is 15.9. The highest BCUT2D eigenvalue weighted by atomic mass is 16.2. The monoisotopic (exact) mass is 316 g/mol. The number of nitrogens with zero attached hydrogens (tertiary/aromatic N) is 2. The number of pyridine rings is 1. The van der Waals surface area contributed by atoms with E-state index in [1.165, 1.54) is 0 Å². The fourth-order valence-electron chi connectivity index (χ4n) is 2.68. The van der Waals surface area contributed by atoms with Crippen LogP contribution in [0, 0.1) is 0 Å². The number of benzene rings is 2. The highest BCUT2D eigenvalue weighted by Crippen LogP contribution is 2.17. The first-order chi connectivity index (χ1) is 11.8. The number of aromatic nitrogens is 1. The summed E-state index contributed by atoms with van der Waals surface area (Å²) in [5.41, 5.74) is 3.00. The second-order valence-electron chi connectivity index (χ2n) is 5.59. The number of likely N-dealkylation sites (N-methyl/N-ethyl adjacent to an activating group) is 1. The highest BCUT2D eigenvalue weighted by molar-refractivity contribution is 5.95. The molecule has 0 bridgehead atoms. The van der Waals surface area contributed by atoms with Gasteiger partial charge in [0.15, 0.2) is 0 Å². The maximum Gasteiger partial charge on any atom is 0.246 e. The number of fused-ring (bicyclic) bond motifs is 1. The molecule has 0 aliphatic heterocycles. The average Bonchev–Trinajstić information content (AvgIpc) is 2.65. The molecule has 0 N–H and O–H groups in total. The van der Waals surface area contributed by atoms with Gasteiger partial charge in [-0.1, -0.05) is 54.6 Å². The van der Waals surface area contributed by atoms with Gasteiger partial charge in [0.25, 0.3) is 0 Å². The molecule has 0 unspecified atom stereocenters. The van der Waals surface area contributed by atoms with Crippen molar-refractivity contribution in [2.45, 2.75) is 13.5 Å². The largest absolute Gasteiger partial charge is 0.335 e. The van der Waals surface area contributed by atoms with Crippen LogP contribution in [0.15, 0.2) is 72.9 Å². The Bertz CT molecular complexity index is 851. The molecule has 3 aromatic rings. The molecule has 0 aliphatic rings. The number of rotatable bonds is 5. The van der Waals surface area contributed by atoms with Gasteiger partial charge in [-0.3, -0.25) is 9.78 Å². The van der Waals surface area contributed by atoms with E-state index in [0.717, 1.165) is 22.0 Å². The summed E-state index contributed by atoms with van der Waals surface area (Å²) in [7, 11) is 0. The third kappa shape index (κ3) is 3.69. The Kier molecular flexibility index (Phi) is 5.02. The smallest absolute Gasteiger partial charge is 0.246 e. The average molecular weight is 316 g/mol. The molecule has 120 valence electrons. The predicted octanol–water partition coefficient (Wildman–Crippen LogP) is 4.30. The molecule has 0 atom stereocenters. The fourth-order valence-corrected chi connectivity index (χ4v) is 2.68. The Balaban J connectivity index is 1.78. The van der Waals surface area contributed by atoms with Gasteiger partial charge >= 0.3 is 0 Å². The van der Waals surface area contributed by atoms with Gasteiger partial charge in [-0.2, -0.15) is 0 Å². The van der Waals surface area contributed by atoms with E-state index in [4.69, 9.17) is 0 Å². The lowest BCUT2D eigenvalue weighted by Gasteiger charge is -2.19. The third-order valence-electron chi connectivity index (χ3n) is 3.98. The lowest BCUT2D eigenvalue weighted by molar-refractivity contribution is -0.126. The number of carbonyl (C=O) groups excluding carboxylic acids is 1. The summed E-state index contributed by atoms with van der Waals surface area (Å²) in [5.74, 6) is 0.00860. The fraction of sp³-hybridized carbons (Fsp3) is 0.143. The van der Waals surface area contributed by atoms with Crippen LogP contribution in [0.2, 0.25) is 0 Å². The van der Waals surface area contributed by atoms with Crippen LogP contribution in [-0.4, -0.2) is 22.3 Å². The van der Waals surface area contributed by atoms with Gasteiger partial charge < -0.3 is 4.90 Å². The molecule has 24 heavy (non-hydrogen) atoms. The summed E-state index contributed by atoms with van der Waals surface area (Å²) >= 11 is 0. The first-order valence-electron chi connectivity index (χ1n) is 8.12. The van der Waals surface area contributed by atoms with Crippen LogP contribution in [0.3, 0.4) is 0 Å². The van der Waals surface area contributed by atoms with Gasteiger partial charge in [0, 0.05) is 36.3 Å². The minimum atomic E-state index is 0.00860. The summed E-state index contributed by atoms with van der Waals surface area (Å²) in [6.45, 7) is 3.29. The van der Waals surface area contributed by atoms with Crippen molar-refractivity contribution in [3.63, 3.8) is 0 Å². The lowest BCUT2D eigenvalue weighted by atomic mass is 10.1. The van der Waals surface area contributed by atoms with Crippen LogP contribution < -0.4 is 0 Å². The third-order valence-corrected chi connectivity index (χ3v) is 3.98. The second kappa shape index (κ2) is 7.55. The van der Waals surface area contributed by atoms with Gasteiger partial charge in [-0.05, 0) is 24.6 Å². The second-order valence-corrected chi connectivity index (χ2v) is 5.59. The van der Waals surface area contributed by atoms with E-state index in [0.29, 0.717) is 13.1 Å². The number of hydrogen-bond donors (Lipinski definition) is 0. The quantitative estimate of drug-likeness (QED) is 0.658. The summed E-state index contributed by atoms with van der Waals surface area (Å²) in [6, 6.07) is 20.0. The van der Waals surface area contributed by atoms with Crippen molar-refractivity contribution in [3.8, 4) is 0 Å². The molecule has 0 saturated heterocycles. The predicted molar refractivity (Wildman–Crippen MR) is 98.3 cm³/mol. The summed E-state index contributed by atoms with van der Waals surface area (Å²) in [5, 5.41) is 1.07. The molecule has 0 saturated carbocycles. The molecule has 3 heteroatoms. The van der Waals surface area contributed by atoms with Crippen LogP contribution >= 0.6 is 0 Å². The summed E-state index contributed by atoms with van der Waals surface area (Å²) < 4.78 is 0. The number of para-hydroxylation sites is 1. The first-order valence-corrected chi connectivity index (χ1v) is 8.12. The Morgan fingerprint density at radius 3 is 2.62 bits per heavy atom. The topological polar surface area (TPSA) is 33.2 Å². The zero-order valence-electron chi connectivity index (χ0n) is 13.7. The molecule has 0 radical (unpaired) electrons. The molecule has 0 aliphatic carbocycles. The maximum absolute atomic E-state index is 12.5. The SMILES string of the molecule is CCN(Cc1ccccc1)C(=O)/C=C/c1cccc2cccnc12. The van der Waals surface area contributed by atoms with Crippen molar-refractivity contribution in [1.82, 2.24) is 9.88 Å². The molecular formula is C21H20N2O. The van der Waals surface area contributed by atoms with Crippen LogP contribution in [0.4, 0.5) is 0 Å². The zero-order valence-corrected chi connectivity index (χ0v) is 13.7. The van der Waals surface area contributed by atoms with Crippen LogP contribution in [0.25, 0.3) is 17.0 Å². The molecule has 1 amide bonds. The van der Waals surface area contributed by atoms with Crippen molar-refractivity contribution in [2.75, 3.05) is 6.54 Å². The van der Waals surface area contributed by atoms with E-state index in [2.05, 4.69) is 4.98 Å². The van der Waals surface area contributed by atoms with Gasteiger partial charge in [0.2, 0.25) is 5.91 Å². The molecule has 1 aromatic heterocycles. The molecule has 0 fully saturated rings. The van der Waals surface area contributed by atoms with Crippen molar-refractivity contribution >= 4 is 22.9 Å². The van der Waals surface area contributed by atoms with Gasteiger partial charge in [-0.25, -0.2) is 0 Å². The normalized spacial score (nSPS) is 11.0. The summed E-state index contributed by atoms with van der Waals surface area (Å²) in [4.78, 5) is 18.7. The molecule has 1 heterocycles.